The third-order valence-electron chi connectivity index (χ3n) is 4.31. The summed E-state index contributed by atoms with van der Waals surface area (Å²) >= 11 is 0. The Morgan fingerprint density at radius 3 is 2.81 bits per heavy atom. The molecule has 0 amide bonds. The standard InChI is InChI=1S/C18H20FNO/c1-12(16-8-7-15(21-2)10-18(16)19)20-11-14-9-13-5-3-4-6-17(13)14/h3-8,10,12,14,20H,9,11H2,1-2H3. The van der Waals surface area contributed by atoms with Gasteiger partial charge in [-0.15, -0.1) is 0 Å². The number of rotatable bonds is 5. The largest absolute Gasteiger partial charge is 0.497 e. The van der Waals surface area contributed by atoms with Gasteiger partial charge in [0, 0.05) is 30.1 Å². The van der Waals surface area contributed by atoms with Crippen LogP contribution >= 0.6 is 0 Å². The van der Waals surface area contributed by atoms with E-state index in [0.717, 1.165) is 13.0 Å². The summed E-state index contributed by atoms with van der Waals surface area (Å²) in [4.78, 5) is 0. The van der Waals surface area contributed by atoms with Crippen LogP contribution in [0.1, 0.15) is 35.6 Å². The predicted octanol–water partition coefficient (Wildman–Crippen LogP) is 3.82. The molecule has 2 aromatic carbocycles. The lowest BCUT2D eigenvalue weighted by Crippen LogP contribution is -2.31. The molecule has 2 nitrogen and oxygen atoms in total. The molecular formula is C18H20FNO. The van der Waals surface area contributed by atoms with Gasteiger partial charge in [0.15, 0.2) is 0 Å². The number of halogens is 1. The van der Waals surface area contributed by atoms with Gasteiger partial charge in [0.25, 0.3) is 0 Å². The molecular weight excluding hydrogens is 265 g/mol. The fourth-order valence-electron chi connectivity index (χ4n) is 2.96. The first-order chi connectivity index (χ1) is 10.2. The minimum absolute atomic E-state index is 0.0105. The Morgan fingerprint density at radius 1 is 1.29 bits per heavy atom. The maximum Gasteiger partial charge on any atom is 0.131 e. The first-order valence-electron chi connectivity index (χ1n) is 7.33. The van der Waals surface area contributed by atoms with Gasteiger partial charge in [-0.1, -0.05) is 30.3 Å². The Morgan fingerprint density at radius 2 is 2.10 bits per heavy atom. The summed E-state index contributed by atoms with van der Waals surface area (Å²) in [6.07, 6.45) is 1.11. The summed E-state index contributed by atoms with van der Waals surface area (Å²) in [6, 6.07) is 13.5. The number of hydrogen-bond acceptors (Lipinski definition) is 2. The topological polar surface area (TPSA) is 21.3 Å². The van der Waals surface area contributed by atoms with Gasteiger partial charge < -0.3 is 10.1 Å². The Balaban J connectivity index is 1.61. The van der Waals surface area contributed by atoms with Crippen molar-refractivity contribution in [3.8, 4) is 5.75 Å². The van der Waals surface area contributed by atoms with Crippen LogP contribution in [0.4, 0.5) is 4.39 Å². The molecule has 0 fully saturated rings. The Kier molecular flexibility index (Phi) is 3.93. The normalized spacial score (nSPS) is 17.8. The minimum atomic E-state index is -0.219. The highest BCUT2D eigenvalue weighted by molar-refractivity contribution is 5.40. The minimum Gasteiger partial charge on any atom is -0.497 e. The molecule has 0 aliphatic heterocycles. The first-order valence-corrected chi connectivity index (χ1v) is 7.33. The van der Waals surface area contributed by atoms with E-state index in [1.54, 1.807) is 19.2 Å². The third-order valence-corrected chi connectivity index (χ3v) is 4.31. The molecule has 0 radical (unpaired) electrons. The molecule has 1 aliphatic rings. The molecule has 1 aliphatic carbocycles. The average molecular weight is 285 g/mol. The van der Waals surface area contributed by atoms with Gasteiger partial charge in [-0.25, -0.2) is 4.39 Å². The predicted molar refractivity (Wildman–Crippen MR) is 82.3 cm³/mol. The molecule has 2 unspecified atom stereocenters. The van der Waals surface area contributed by atoms with E-state index < -0.39 is 0 Å². The second kappa shape index (κ2) is 5.86. The van der Waals surface area contributed by atoms with Gasteiger partial charge in [0.2, 0.25) is 0 Å². The third kappa shape index (κ3) is 2.79. The fourth-order valence-corrected chi connectivity index (χ4v) is 2.96. The van der Waals surface area contributed by atoms with Crippen LogP contribution in [-0.4, -0.2) is 13.7 Å². The number of hydrogen-bond donors (Lipinski definition) is 1. The van der Waals surface area contributed by atoms with Crippen LogP contribution in [0.25, 0.3) is 0 Å². The van der Waals surface area contributed by atoms with Crippen molar-refractivity contribution in [1.29, 1.82) is 0 Å². The summed E-state index contributed by atoms with van der Waals surface area (Å²) in [5, 5.41) is 3.44. The highest BCUT2D eigenvalue weighted by Crippen LogP contribution is 2.34. The monoisotopic (exact) mass is 285 g/mol. The smallest absolute Gasteiger partial charge is 0.131 e. The zero-order valence-corrected chi connectivity index (χ0v) is 12.4. The van der Waals surface area contributed by atoms with Crippen LogP contribution in [0, 0.1) is 5.82 Å². The lowest BCUT2D eigenvalue weighted by molar-refractivity contribution is 0.409. The Labute approximate surface area is 125 Å². The van der Waals surface area contributed by atoms with Crippen LogP contribution in [0.15, 0.2) is 42.5 Å². The van der Waals surface area contributed by atoms with E-state index >= 15 is 0 Å². The summed E-state index contributed by atoms with van der Waals surface area (Å²) in [7, 11) is 1.55. The van der Waals surface area contributed by atoms with Gasteiger partial charge >= 0.3 is 0 Å². The molecule has 0 saturated heterocycles. The van der Waals surface area contributed by atoms with Crippen LogP contribution in [-0.2, 0) is 6.42 Å². The zero-order valence-electron chi connectivity index (χ0n) is 12.4. The summed E-state index contributed by atoms with van der Waals surface area (Å²) in [5.41, 5.74) is 3.54. The number of fused-ring (bicyclic) bond motifs is 1. The zero-order chi connectivity index (χ0) is 14.8. The van der Waals surface area contributed by atoms with Crippen molar-refractivity contribution in [2.45, 2.75) is 25.3 Å². The highest BCUT2D eigenvalue weighted by atomic mass is 19.1. The van der Waals surface area contributed by atoms with Gasteiger partial charge in [-0.2, -0.15) is 0 Å². The van der Waals surface area contributed by atoms with Crippen molar-refractivity contribution in [1.82, 2.24) is 5.32 Å². The second-order valence-corrected chi connectivity index (χ2v) is 5.62. The van der Waals surface area contributed by atoms with E-state index in [4.69, 9.17) is 4.74 Å². The molecule has 0 aromatic heterocycles. The number of methoxy groups -OCH3 is 1. The van der Waals surface area contributed by atoms with Gasteiger partial charge in [-0.3, -0.25) is 0 Å². The SMILES string of the molecule is COc1ccc(C(C)NCC2Cc3ccccc32)c(F)c1. The van der Waals surface area contributed by atoms with E-state index in [9.17, 15) is 4.39 Å². The van der Waals surface area contributed by atoms with Crippen molar-refractivity contribution in [2.75, 3.05) is 13.7 Å². The molecule has 3 rings (SSSR count). The summed E-state index contributed by atoms with van der Waals surface area (Å²) in [5.74, 6) is 0.879. The molecule has 2 atom stereocenters. The molecule has 1 N–H and O–H groups in total. The molecule has 0 heterocycles. The molecule has 2 aromatic rings. The van der Waals surface area contributed by atoms with Crippen molar-refractivity contribution >= 4 is 0 Å². The van der Waals surface area contributed by atoms with Gasteiger partial charge in [0.1, 0.15) is 11.6 Å². The fraction of sp³-hybridized carbons (Fsp3) is 0.333. The summed E-state index contributed by atoms with van der Waals surface area (Å²) in [6.45, 7) is 2.87. The number of nitrogens with one attached hydrogen (secondary N) is 1. The van der Waals surface area contributed by atoms with Crippen molar-refractivity contribution in [3.05, 3.63) is 65.0 Å². The van der Waals surface area contributed by atoms with Crippen LogP contribution in [0.3, 0.4) is 0 Å². The maximum absolute atomic E-state index is 14.0. The molecule has 110 valence electrons. The molecule has 0 spiro atoms. The lowest BCUT2D eigenvalue weighted by atomic mass is 9.77. The molecule has 0 bridgehead atoms. The molecule has 3 heteroatoms. The quantitative estimate of drug-likeness (QED) is 0.901. The highest BCUT2D eigenvalue weighted by Gasteiger charge is 2.25. The van der Waals surface area contributed by atoms with E-state index in [1.807, 2.05) is 6.92 Å². The first kappa shape index (κ1) is 14.1. The van der Waals surface area contributed by atoms with E-state index in [-0.39, 0.29) is 11.9 Å². The van der Waals surface area contributed by atoms with Gasteiger partial charge in [0.05, 0.1) is 7.11 Å². The molecule has 21 heavy (non-hydrogen) atoms. The van der Waals surface area contributed by atoms with Crippen molar-refractivity contribution in [2.24, 2.45) is 0 Å². The maximum atomic E-state index is 14.0. The van der Waals surface area contributed by atoms with Crippen molar-refractivity contribution < 1.29 is 9.13 Å². The van der Waals surface area contributed by atoms with E-state index in [0.29, 0.717) is 17.2 Å². The van der Waals surface area contributed by atoms with Gasteiger partial charge in [-0.05, 0) is 30.5 Å². The Bertz CT molecular complexity index is 641. The number of benzene rings is 2. The summed E-state index contributed by atoms with van der Waals surface area (Å²) < 4.78 is 19.1. The van der Waals surface area contributed by atoms with E-state index in [2.05, 4.69) is 29.6 Å². The van der Waals surface area contributed by atoms with Crippen molar-refractivity contribution in [3.63, 3.8) is 0 Å². The van der Waals surface area contributed by atoms with E-state index in [1.165, 1.54) is 17.2 Å². The van der Waals surface area contributed by atoms with Crippen LogP contribution < -0.4 is 10.1 Å². The Hall–Kier alpha value is -1.87. The average Bonchev–Trinajstić information content (AvgIpc) is 2.47. The lowest BCUT2D eigenvalue weighted by Gasteiger charge is -2.31. The van der Waals surface area contributed by atoms with Crippen LogP contribution in [0.2, 0.25) is 0 Å². The second-order valence-electron chi connectivity index (χ2n) is 5.62. The molecule has 0 saturated carbocycles. The number of ether oxygens (including phenoxy) is 1. The van der Waals surface area contributed by atoms with Crippen LogP contribution in [0.5, 0.6) is 5.75 Å².